The summed E-state index contributed by atoms with van der Waals surface area (Å²) in [6.07, 6.45) is -2.79. The molecule has 4 heteroatoms. The van der Waals surface area contributed by atoms with Crippen LogP contribution in [0.15, 0.2) is 0 Å². The Hall–Kier alpha value is -0.670. The fourth-order valence-electron chi connectivity index (χ4n) is 0.657. The van der Waals surface area contributed by atoms with E-state index in [-0.39, 0.29) is 6.42 Å². The zero-order valence-corrected chi connectivity index (χ0v) is 5.68. The summed E-state index contributed by atoms with van der Waals surface area (Å²) in [6, 6.07) is 0. The summed E-state index contributed by atoms with van der Waals surface area (Å²) in [5.74, 6) is -2.03. The summed E-state index contributed by atoms with van der Waals surface area (Å²) in [6.45, 7) is 1.58. The smallest absolute Gasteiger partial charge is 0.306 e. The highest BCUT2D eigenvalue weighted by Gasteiger charge is 2.19. The van der Waals surface area contributed by atoms with Gasteiger partial charge >= 0.3 is 5.97 Å². The molecular weight excluding hydrogens is 142 g/mol. The summed E-state index contributed by atoms with van der Waals surface area (Å²) in [5.41, 5.74) is 0. The third-order valence-corrected chi connectivity index (χ3v) is 1.30. The Kier molecular flexibility index (Phi) is 3.91. The van der Waals surface area contributed by atoms with Gasteiger partial charge in [0.15, 0.2) is 0 Å². The van der Waals surface area contributed by atoms with Crippen molar-refractivity contribution in [1.29, 1.82) is 0 Å². The maximum absolute atomic E-state index is 11.6. The first-order chi connectivity index (χ1) is 4.57. The van der Waals surface area contributed by atoms with Crippen LogP contribution in [-0.4, -0.2) is 17.5 Å². The van der Waals surface area contributed by atoms with Gasteiger partial charge in [0.2, 0.25) is 6.43 Å². The molecule has 0 aliphatic carbocycles. The molecule has 1 N–H and O–H groups in total. The Morgan fingerprint density at radius 1 is 1.60 bits per heavy atom. The molecule has 0 spiro atoms. The number of alkyl halides is 2. The highest BCUT2D eigenvalue weighted by Crippen LogP contribution is 2.13. The fraction of sp³-hybridized carbons (Fsp3) is 0.833. The van der Waals surface area contributed by atoms with Gasteiger partial charge in [-0.3, -0.25) is 4.79 Å². The van der Waals surface area contributed by atoms with Crippen molar-refractivity contribution < 1.29 is 18.7 Å². The number of carboxylic acid groups (broad SMARTS) is 1. The zero-order valence-electron chi connectivity index (χ0n) is 5.68. The highest BCUT2D eigenvalue weighted by molar-refractivity contribution is 5.69. The SMILES string of the molecule is CC[C@H](CC(F)F)C(=O)O. The van der Waals surface area contributed by atoms with E-state index < -0.39 is 24.7 Å². The fourth-order valence-corrected chi connectivity index (χ4v) is 0.657. The minimum atomic E-state index is -2.51. The highest BCUT2D eigenvalue weighted by atomic mass is 19.3. The molecule has 1 atom stereocenters. The molecule has 0 unspecified atom stereocenters. The zero-order chi connectivity index (χ0) is 8.15. The molecule has 0 aliphatic rings. The number of hydrogen-bond acceptors (Lipinski definition) is 1. The Bertz CT molecular complexity index is 114. The van der Waals surface area contributed by atoms with E-state index in [0.29, 0.717) is 0 Å². The van der Waals surface area contributed by atoms with Gasteiger partial charge in [-0.25, -0.2) is 8.78 Å². The number of halogens is 2. The van der Waals surface area contributed by atoms with Crippen LogP contribution in [0.2, 0.25) is 0 Å². The van der Waals surface area contributed by atoms with E-state index in [0.717, 1.165) is 0 Å². The lowest BCUT2D eigenvalue weighted by molar-refractivity contribution is -0.143. The molecule has 2 nitrogen and oxygen atoms in total. The molecule has 0 rings (SSSR count). The van der Waals surface area contributed by atoms with Crippen LogP contribution in [0.3, 0.4) is 0 Å². The van der Waals surface area contributed by atoms with E-state index in [1.165, 1.54) is 0 Å². The molecule has 0 aromatic heterocycles. The Morgan fingerprint density at radius 2 is 2.10 bits per heavy atom. The summed E-state index contributed by atoms with van der Waals surface area (Å²) in [4.78, 5) is 10.1. The Labute approximate surface area is 57.9 Å². The molecule has 60 valence electrons. The van der Waals surface area contributed by atoms with Gasteiger partial charge in [-0.2, -0.15) is 0 Å². The second-order valence-corrected chi connectivity index (χ2v) is 2.07. The lowest BCUT2D eigenvalue weighted by Gasteiger charge is -2.06. The largest absolute Gasteiger partial charge is 0.481 e. The number of rotatable bonds is 4. The first-order valence-electron chi connectivity index (χ1n) is 3.08. The lowest BCUT2D eigenvalue weighted by atomic mass is 10.0. The second kappa shape index (κ2) is 4.19. The summed E-state index contributed by atoms with van der Waals surface area (Å²) in [5, 5.41) is 8.29. The monoisotopic (exact) mass is 152 g/mol. The maximum Gasteiger partial charge on any atom is 0.306 e. The molecule has 0 fully saturated rings. The van der Waals surface area contributed by atoms with E-state index in [2.05, 4.69) is 0 Å². The number of hydrogen-bond donors (Lipinski definition) is 1. The predicted molar refractivity (Wildman–Crippen MR) is 32.0 cm³/mol. The van der Waals surface area contributed by atoms with Crippen molar-refractivity contribution >= 4 is 5.97 Å². The van der Waals surface area contributed by atoms with Gasteiger partial charge in [-0.05, 0) is 6.42 Å². The minimum Gasteiger partial charge on any atom is -0.481 e. The molecule has 0 bridgehead atoms. The third kappa shape index (κ3) is 3.37. The lowest BCUT2D eigenvalue weighted by Crippen LogP contribution is -2.15. The molecule has 0 amide bonds. The van der Waals surface area contributed by atoms with E-state index in [4.69, 9.17) is 5.11 Å². The summed E-state index contributed by atoms with van der Waals surface area (Å²) in [7, 11) is 0. The van der Waals surface area contributed by atoms with Crippen LogP contribution in [0.4, 0.5) is 8.78 Å². The molecule has 0 aromatic carbocycles. The van der Waals surface area contributed by atoms with Crippen LogP contribution in [0.25, 0.3) is 0 Å². The molecule has 0 saturated heterocycles. The second-order valence-electron chi connectivity index (χ2n) is 2.07. The van der Waals surface area contributed by atoms with E-state index in [1.54, 1.807) is 6.92 Å². The number of aliphatic carboxylic acids is 1. The van der Waals surface area contributed by atoms with Crippen molar-refractivity contribution in [2.75, 3.05) is 0 Å². The average Bonchev–Trinajstić information content (AvgIpc) is 1.81. The molecule has 0 heterocycles. The van der Waals surface area contributed by atoms with Crippen LogP contribution >= 0.6 is 0 Å². The summed E-state index contributed by atoms with van der Waals surface area (Å²) < 4.78 is 23.1. The van der Waals surface area contributed by atoms with E-state index in [1.807, 2.05) is 0 Å². The van der Waals surface area contributed by atoms with Crippen LogP contribution in [0.1, 0.15) is 19.8 Å². The van der Waals surface area contributed by atoms with Gasteiger partial charge in [0.25, 0.3) is 0 Å². The Morgan fingerprint density at radius 3 is 2.20 bits per heavy atom. The van der Waals surface area contributed by atoms with Gasteiger partial charge in [-0.15, -0.1) is 0 Å². The molecule has 0 aliphatic heterocycles. The van der Waals surface area contributed by atoms with Gasteiger partial charge in [0.05, 0.1) is 5.92 Å². The molecule has 0 saturated carbocycles. The van der Waals surface area contributed by atoms with Crippen LogP contribution in [0, 0.1) is 5.92 Å². The van der Waals surface area contributed by atoms with Crippen molar-refractivity contribution in [3.8, 4) is 0 Å². The van der Waals surface area contributed by atoms with Gasteiger partial charge in [0, 0.05) is 6.42 Å². The summed E-state index contributed by atoms with van der Waals surface area (Å²) >= 11 is 0. The minimum absolute atomic E-state index is 0.264. The number of carbonyl (C=O) groups is 1. The average molecular weight is 152 g/mol. The van der Waals surface area contributed by atoms with Crippen molar-refractivity contribution in [3.63, 3.8) is 0 Å². The maximum atomic E-state index is 11.6. The van der Waals surface area contributed by atoms with Crippen molar-refractivity contribution in [3.05, 3.63) is 0 Å². The first kappa shape index (κ1) is 9.33. The van der Waals surface area contributed by atoms with Gasteiger partial charge in [-0.1, -0.05) is 6.92 Å². The quantitative estimate of drug-likeness (QED) is 0.666. The normalized spacial score (nSPS) is 13.6. The van der Waals surface area contributed by atoms with Crippen LogP contribution in [-0.2, 0) is 4.79 Å². The molecular formula is C6H10F2O2. The van der Waals surface area contributed by atoms with Gasteiger partial charge < -0.3 is 5.11 Å². The van der Waals surface area contributed by atoms with Crippen molar-refractivity contribution in [2.45, 2.75) is 26.2 Å². The first-order valence-corrected chi connectivity index (χ1v) is 3.08. The standard InChI is InChI=1S/C6H10F2O2/c1-2-4(6(9)10)3-5(7)8/h4-5H,2-3H2,1H3,(H,9,10)/t4-/m1/s1. The predicted octanol–water partition coefficient (Wildman–Crippen LogP) is 1.75. The van der Waals surface area contributed by atoms with Crippen LogP contribution in [0.5, 0.6) is 0 Å². The third-order valence-electron chi connectivity index (χ3n) is 1.30. The van der Waals surface area contributed by atoms with Crippen LogP contribution < -0.4 is 0 Å². The molecule has 0 radical (unpaired) electrons. The number of carboxylic acids is 1. The Balaban J connectivity index is 3.72. The molecule has 10 heavy (non-hydrogen) atoms. The van der Waals surface area contributed by atoms with E-state index in [9.17, 15) is 13.6 Å². The molecule has 0 aromatic rings. The van der Waals surface area contributed by atoms with Gasteiger partial charge in [0.1, 0.15) is 0 Å². The topological polar surface area (TPSA) is 37.3 Å². The van der Waals surface area contributed by atoms with Crippen molar-refractivity contribution in [1.82, 2.24) is 0 Å². The van der Waals surface area contributed by atoms with E-state index >= 15 is 0 Å². The van der Waals surface area contributed by atoms with Crippen molar-refractivity contribution in [2.24, 2.45) is 5.92 Å².